The van der Waals surface area contributed by atoms with Crippen molar-refractivity contribution in [3.63, 3.8) is 0 Å². The predicted octanol–water partition coefficient (Wildman–Crippen LogP) is -3.19. The van der Waals surface area contributed by atoms with Crippen LogP contribution in [-0.4, -0.2) is 30.3 Å². The second-order valence-corrected chi connectivity index (χ2v) is 2.83. The van der Waals surface area contributed by atoms with Gasteiger partial charge in [-0.05, 0) is 0 Å². The molecule has 64 valence electrons. The largest absolute Gasteiger partial charge is 0.370 e. The number of rotatable bonds is 0. The summed E-state index contributed by atoms with van der Waals surface area (Å²) < 4.78 is 4.77. The van der Waals surface area contributed by atoms with Crippen LogP contribution >= 0.6 is 0 Å². The van der Waals surface area contributed by atoms with Crippen LogP contribution in [0, 0.1) is 0 Å². The van der Waals surface area contributed by atoms with Gasteiger partial charge in [-0.15, -0.1) is 0 Å². The van der Waals surface area contributed by atoms with Gasteiger partial charge in [-0.2, -0.15) is 0 Å². The van der Waals surface area contributed by atoms with Crippen molar-refractivity contribution in [1.82, 2.24) is 0 Å². The maximum Gasteiger partial charge on any atom is 0.195 e. The Morgan fingerprint density at radius 1 is 1.27 bits per heavy atom. The third-order valence-corrected chi connectivity index (χ3v) is 1.81. The molecule has 0 radical (unpaired) electrons. The van der Waals surface area contributed by atoms with Gasteiger partial charge >= 0.3 is 0 Å². The molecule has 0 aliphatic carbocycles. The van der Waals surface area contributed by atoms with Crippen molar-refractivity contribution < 1.29 is 9.53 Å². The van der Waals surface area contributed by atoms with Crippen molar-refractivity contribution in [3.8, 4) is 0 Å². The molecular formula is C5H12N4O2. The summed E-state index contributed by atoms with van der Waals surface area (Å²) in [6.45, 7) is -0.130. The maximum absolute atomic E-state index is 11.0. The molecule has 0 aromatic rings. The van der Waals surface area contributed by atoms with Gasteiger partial charge in [-0.25, -0.2) is 0 Å². The normalized spacial score (nSPS) is 28.5. The fourth-order valence-electron chi connectivity index (χ4n) is 0.811. The molecule has 11 heavy (non-hydrogen) atoms. The van der Waals surface area contributed by atoms with Gasteiger partial charge < -0.3 is 27.7 Å². The van der Waals surface area contributed by atoms with Gasteiger partial charge in [0.1, 0.15) is 12.3 Å². The quantitative estimate of drug-likeness (QED) is 0.276. The Morgan fingerprint density at radius 2 is 1.82 bits per heavy atom. The molecule has 1 fully saturated rings. The van der Waals surface area contributed by atoms with E-state index in [0.717, 1.165) is 0 Å². The molecule has 1 rings (SSSR count). The summed E-state index contributed by atoms with van der Waals surface area (Å²) in [4.78, 5) is 11.0. The molecule has 1 heterocycles. The number of ether oxygens (including phenoxy) is 1. The molecule has 1 saturated heterocycles. The number of hydrogen-bond donors (Lipinski definition) is 4. The summed E-state index contributed by atoms with van der Waals surface area (Å²) in [5.74, 6) is -0.478. The average Bonchev–Trinajstić information content (AvgIpc) is 1.84. The van der Waals surface area contributed by atoms with Crippen LogP contribution in [0.2, 0.25) is 0 Å². The first-order valence-corrected chi connectivity index (χ1v) is 3.14. The highest BCUT2D eigenvalue weighted by molar-refractivity contribution is 5.90. The standard InChI is InChI=1S/C5H12N4O2/c6-4(7)2-11-1-3(10)5(4,8)9/h1-2,6-9H2. The van der Waals surface area contributed by atoms with Crippen LogP contribution in [-0.2, 0) is 9.53 Å². The number of carbonyl (C=O) groups is 1. The summed E-state index contributed by atoms with van der Waals surface area (Å²) in [6, 6.07) is 0. The first-order chi connectivity index (χ1) is 4.88. The fraction of sp³-hybridized carbons (Fsp3) is 0.800. The summed E-state index contributed by atoms with van der Waals surface area (Å²) in [6.07, 6.45) is 0. The lowest BCUT2D eigenvalue weighted by molar-refractivity contribution is -0.140. The van der Waals surface area contributed by atoms with Crippen LogP contribution in [0.4, 0.5) is 0 Å². The van der Waals surface area contributed by atoms with Crippen LogP contribution in [0.1, 0.15) is 0 Å². The number of carbonyl (C=O) groups excluding carboxylic acids is 1. The van der Waals surface area contributed by atoms with Crippen LogP contribution in [0.5, 0.6) is 0 Å². The Hall–Kier alpha value is -0.530. The molecule has 6 nitrogen and oxygen atoms in total. The Labute approximate surface area is 63.8 Å². The van der Waals surface area contributed by atoms with Gasteiger partial charge in [0.05, 0.1) is 6.61 Å². The number of nitrogens with two attached hydrogens (primary N) is 4. The number of hydrogen-bond acceptors (Lipinski definition) is 6. The molecule has 0 atom stereocenters. The van der Waals surface area contributed by atoms with Crippen molar-refractivity contribution >= 4 is 5.78 Å². The first kappa shape index (κ1) is 8.57. The topological polar surface area (TPSA) is 130 Å². The Kier molecular flexibility index (Phi) is 1.73. The monoisotopic (exact) mass is 160 g/mol. The third-order valence-electron chi connectivity index (χ3n) is 1.81. The Bertz CT molecular complexity index is 189. The Balaban J connectivity index is 2.91. The van der Waals surface area contributed by atoms with Crippen molar-refractivity contribution in [3.05, 3.63) is 0 Å². The SMILES string of the molecule is NC1(N)COCC(=O)C1(N)N. The van der Waals surface area contributed by atoms with Gasteiger partial charge in [0.25, 0.3) is 0 Å². The van der Waals surface area contributed by atoms with Gasteiger partial charge in [-0.1, -0.05) is 0 Å². The zero-order chi connectivity index (χ0) is 8.70. The maximum atomic E-state index is 11.0. The molecule has 0 unspecified atom stereocenters. The summed E-state index contributed by atoms with van der Waals surface area (Å²) >= 11 is 0. The molecule has 0 spiro atoms. The zero-order valence-electron chi connectivity index (χ0n) is 6.04. The van der Waals surface area contributed by atoms with E-state index in [2.05, 4.69) is 0 Å². The fourth-order valence-corrected chi connectivity index (χ4v) is 0.811. The summed E-state index contributed by atoms with van der Waals surface area (Å²) in [5, 5.41) is 0. The Morgan fingerprint density at radius 3 is 2.18 bits per heavy atom. The minimum atomic E-state index is -1.68. The molecule has 0 aromatic heterocycles. The van der Waals surface area contributed by atoms with E-state index in [1.54, 1.807) is 0 Å². The van der Waals surface area contributed by atoms with Crippen LogP contribution in [0.25, 0.3) is 0 Å². The van der Waals surface area contributed by atoms with E-state index >= 15 is 0 Å². The van der Waals surface area contributed by atoms with Crippen LogP contribution in [0.15, 0.2) is 0 Å². The van der Waals surface area contributed by atoms with Gasteiger partial charge in [0, 0.05) is 0 Å². The molecule has 0 amide bonds. The van der Waals surface area contributed by atoms with E-state index in [9.17, 15) is 4.79 Å². The van der Waals surface area contributed by atoms with Gasteiger partial charge in [0.2, 0.25) is 0 Å². The molecule has 0 aromatic carbocycles. The molecule has 1 aliphatic rings. The highest BCUT2D eigenvalue weighted by Crippen LogP contribution is 2.13. The highest BCUT2D eigenvalue weighted by Gasteiger charge is 2.49. The van der Waals surface area contributed by atoms with Crippen molar-refractivity contribution in [2.24, 2.45) is 22.9 Å². The average molecular weight is 160 g/mol. The summed E-state index contributed by atoms with van der Waals surface area (Å²) in [5.41, 5.74) is 18.5. The lowest BCUT2D eigenvalue weighted by atomic mass is 9.90. The second kappa shape index (κ2) is 2.23. The molecular weight excluding hydrogens is 148 g/mol. The van der Waals surface area contributed by atoms with Crippen LogP contribution in [0.3, 0.4) is 0 Å². The number of ketones is 1. The van der Waals surface area contributed by atoms with Gasteiger partial charge in [-0.3, -0.25) is 4.79 Å². The van der Waals surface area contributed by atoms with E-state index in [-0.39, 0.29) is 13.2 Å². The molecule has 6 heteroatoms. The van der Waals surface area contributed by atoms with E-state index in [4.69, 9.17) is 27.7 Å². The molecule has 8 N–H and O–H groups in total. The smallest absolute Gasteiger partial charge is 0.195 e. The molecule has 1 aliphatic heterocycles. The predicted molar refractivity (Wildman–Crippen MR) is 38.0 cm³/mol. The number of Topliss-reactive ketones (excluding diaryl/α,β-unsaturated/α-hetero) is 1. The minimum absolute atomic E-state index is 0.00819. The minimum Gasteiger partial charge on any atom is -0.370 e. The lowest BCUT2D eigenvalue weighted by Crippen LogP contribution is -2.83. The first-order valence-electron chi connectivity index (χ1n) is 3.14. The highest BCUT2D eigenvalue weighted by atomic mass is 16.5. The van der Waals surface area contributed by atoms with Crippen molar-refractivity contribution in [2.45, 2.75) is 11.3 Å². The zero-order valence-corrected chi connectivity index (χ0v) is 6.04. The van der Waals surface area contributed by atoms with Crippen molar-refractivity contribution in [1.29, 1.82) is 0 Å². The second-order valence-electron chi connectivity index (χ2n) is 2.83. The molecule has 0 saturated carbocycles. The lowest BCUT2D eigenvalue weighted by Gasteiger charge is -2.41. The van der Waals surface area contributed by atoms with Crippen molar-refractivity contribution in [2.75, 3.05) is 13.2 Å². The molecule has 0 bridgehead atoms. The van der Waals surface area contributed by atoms with E-state index < -0.39 is 17.1 Å². The van der Waals surface area contributed by atoms with E-state index in [0.29, 0.717) is 0 Å². The van der Waals surface area contributed by atoms with E-state index in [1.165, 1.54) is 0 Å². The summed E-state index contributed by atoms with van der Waals surface area (Å²) in [7, 11) is 0. The third kappa shape index (κ3) is 1.15. The van der Waals surface area contributed by atoms with Gasteiger partial charge in [0.15, 0.2) is 11.4 Å². The van der Waals surface area contributed by atoms with Crippen LogP contribution < -0.4 is 22.9 Å². The van der Waals surface area contributed by atoms with E-state index in [1.807, 2.05) is 0 Å².